The number of carbonyl (C=O) groups is 2. The topological polar surface area (TPSA) is 78.1 Å². The summed E-state index contributed by atoms with van der Waals surface area (Å²) in [5, 5.41) is 11.4. The number of amides is 1. The Morgan fingerprint density at radius 1 is 1.09 bits per heavy atom. The average molecular weight is 433 g/mol. The van der Waals surface area contributed by atoms with Gasteiger partial charge in [0.15, 0.2) is 5.76 Å². The number of aliphatic hydroxyl groups is 1. The van der Waals surface area contributed by atoms with Crippen molar-refractivity contribution in [1.29, 1.82) is 0 Å². The first-order valence-electron chi connectivity index (χ1n) is 10.7. The molecule has 1 aliphatic rings. The number of aromatic nitrogens is 2. The van der Waals surface area contributed by atoms with Crippen LogP contribution in [-0.2, 0) is 9.59 Å². The first-order valence-corrected chi connectivity index (χ1v) is 10.7. The molecule has 0 spiro atoms. The molecule has 1 aromatic carbocycles. The SMILES string of the molecule is Cc1nc2c(C)cccn2c1/C(O)=C1\C(=O)C(=O)N(CCCN(C)C)[C@@H]1c1ccccc1. The van der Waals surface area contributed by atoms with Crippen LogP contribution in [0.1, 0.15) is 35.0 Å². The molecule has 2 aromatic heterocycles. The third-order valence-corrected chi connectivity index (χ3v) is 5.90. The number of pyridine rings is 1. The number of rotatable bonds is 6. The Morgan fingerprint density at radius 2 is 1.81 bits per heavy atom. The van der Waals surface area contributed by atoms with Crippen molar-refractivity contribution in [2.45, 2.75) is 26.3 Å². The lowest BCUT2D eigenvalue weighted by Gasteiger charge is -2.26. The fraction of sp³-hybridized carbons (Fsp3) is 0.320. The second-order valence-corrected chi connectivity index (χ2v) is 8.49. The van der Waals surface area contributed by atoms with E-state index in [0.29, 0.717) is 23.6 Å². The summed E-state index contributed by atoms with van der Waals surface area (Å²) in [5.74, 6) is -1.44. The molecule has 1 saturated heterocycles. The van der Waals surface area contributed by atoms with E-state index in [9.17, 15) is 14.7 Å². The van der Waals surface area contributed by atoms with Crippen LogP contribution in [-0.4, -0.2) is 63.2 Å². The minimum atomic E-state index is -0.664. The smallest absolute Gasteiger partial charge is 0.295 e. The first kappa shape index (κ1) is 21.8. The van der Waals surface area contributed by atoms with Crippen molar-refractivity contribution >= 4 is 23.1 Å². The molecule has 32 heavy (non-hydrogen) atoms. The van der Waals surface area contributed by atoms with Crippen LogP contribution in [0.15, 0.2) is 54.2 Å². The number of hydrogen-bond acceptors (Lipinski definition) is 5. The standard InChI is InChI=1S/C25H28N4O3/c1-16-10-8-14-28-20(17(2)26-24(16)28)22(30)19-21(18-11-6-5-7-12-18)29(25(32)23(19)31)15-9-13-27(3)4/h5-8,10-12,14,21,30H,9,13,15H2,1-4H3/b22-19+/t21-/m1/s1. The normalized spacial score (nSPS) is 18.3. The first-order chi connectivity index (χ1) is 15.3. The molecule has 0 bridgehead atoms. The third kappa shape index (κ3) is 3.69. The number of aryl methyl sites for hydroxylation is 2. The maximum absolute atomic E-state index is 13.2. The molecule has 7 nitrogen and oxygen atoms in total. The predicted molar refractivity (Wildman–Crippen MR) is 123 cm³/mol. The molecule has 1 fully saturated rings. The molecule has 1 amide bonds. The van der Waals surface area contributed by atoms with Crippen LogP contribution in [0.4, 0.5) is 0 Å². The van der Waals surface area contributed by atoms with Crippen molar-refractivity contribution in [2.24, 2.45) is 0 Å². The van der Waals surface area contributed by atoms with Crippen LogP contribution in [0.5, 0.6) is 0 Å². The zero-order valence-electron chi connectivity index (χ0n) is 18.9. The van der Waals surface area contributed by atoms with Gasteiger partial charge in [0.1, 0.15) is 11.3 Å². The molecule has 0 aliphatic carbocycles. The Bertz CT molecular complexity index is 1210. The van der Waals surface area contributed by atoms with Crippen molar-refractivity contribution in [3.63, 3.8) is 0 Å². The minimum Gasteiger partial charge on any atom is -0.505 e. The van der Waals surface area contributed by atoms with E-state index >= 15 is 0 Å². The maximum Gasteiger partial charge on any atom is 0.295 e. The van der Waals surface area contributed by atoms with Crippen molar-refractivity contribution in [3.05, 3.63) is 76.7 Å². The predicted octanol–water partition coefficient (Wildman–Crippen LogP) is 3.32. The van der Waals surface area contributed by atoms with Gasteiger partial charge in [-0.05, 0) is 58.1 Å². The van der Waals surface area contributed by atoms with Crippen LogP contribution in [0.25, 0.3) is 11.4 Å². The van der Waals surface area contributed by atoms with E-state index < -0.39 is 17.7 Å². The van der Waals surface area contributed by atoms with Crippen molar-refractivity contribution in [3.8, 4) is 0 Å². The van der Waals surface area contributed by atoms with Gasteiger partial charge in [-0.25, -0.2) is 4.98 Å². The molecule has 0 saturated carbocycles. The summed E-state index contributed by atoms with van der Waals surface area (Å²) in [6.07, 6.45) is 2.53. The second-order valence-electron chi connectivity index (χ2n) is 8.49. The molecular weight excluding hydrogens is 404 g/mol. The summed E-state index contributed by atoms with van der Waals surface area (Å²) in [7, 11) is 3.94. The largest absolute Gasteiger partial charge is 0.505 e. The number of benzene rings is 1. The van der Waals surface area contributed by atoms with E-state index in [1.165, 1.54) is 0 Å². The van der Waals surface area contributed by atoms with Gasteiger partial charge in [-0.15, -0.1) is 0 Å². The number of fused-ring (bicyclic) bond motifs is 1. The monoisotopic (exact) mass is 432 g/mol. The number of Topliss-reactive ketones (excluding diaryl/α,β-unsaturated/α-hetero) is 1. The average Bonchev–Trinajstić information content (AvgIpc) is 3.23. The Morgan fingerprint density at radius 3 is 2.50 bits per heavy atom. The van der Waals surface area contributed by atoms with Gasteiger partial charge < -0.3 is 14.9 Å². The fourth-order valence-corrected chi connectivity index (χ4v) is 4.38. The van der Waals surface area contributed by atoms with Gasteiger partial charge in [0.2, 0.25) is 0 Å². The van der Waals surface area contributed by atoms with E-state index in [-0.39, 0.29) is 11.3 Å². The van der Waals surface area contributed by atoms with Gasteiger partial charge in [0.05, 0.1) is 17.3 Å². The summed E-state index contributed by atoms with van der Waals surface area (Å²) < 4.78 is 1.78. The van der Waals surface area contributed by atoms with E-state index in [4.69, 9.17) is 0 Å². The van der Waals surface area contributed by atoms with E-state index in [2.05, 4.69) is 4.98 Å². The highest BCUT2D eigenvalue weighted by molar-refractivity contribution is 6.46. The van der Waals surface area contributed by atoms with Crippen LogP contribution in [0, 0.1) is 13.8 Å². The van der Waals surface area contributed by atoms with Gasteiger partial charge in [-0.2, -0.15) is 0 Å². The van der Waals surface area contributed by atoms with Crippen LogP contribution < -0.4 is 0 Å². The summed E-state index contributed by atoms with van der Waals surface area (Å²) in [4.78, 5) is 34.5. The highest BCUT2D eigenvalue weighted by Gasteiger charge is 2.46. The summed E-state index contributed by atoms with van der Waals surface area (Å²) in [6.45, 7) is 4.95. The lowest BCUT2D eigenvalue weighted by molar-refractivity contribution is -0.139. The molecule has 1 aliphatic heterocycles. The summed E-state index contributed by atoms with van der Waals surface area (Å²) >= 11 is 0. The molecule has 0 unspecified atom stereocenters. The Hall–Kier alpha value is -3.45. The third-order valence-electron chi connectivity index (χ3n) is 5.90. The second kappa shape index (κ2) is 8.59. The number of hydrogen-bond donors (Lipinski definition) is 1. The van der Waals surface area contributed by atoms with Gasteiger partial charge in [-0.3, -0.25) is 14.0 Å². The zero-order valence-corrected chi connectivity index (χ0v) is 18.9. The molecule has 3 aromatic rings. The van der Waals surface area contributed by atoms with Gasteiger partial charge in [0.25, 0.3) is 11.7 Å². The summed E-state index contributed by atoms with van der Waals surface area (Å²) in [5.41, 5.74) is 3.61. The number of nitrogens with zero attached hydrogens (tertiary/aromatic N) is 4. The molecule has 1 N–H and O–H groups in total. The quantitative estimate of drug-likeness (QED) is 0.367. The van der Waals surface area contributed by atoms with E-state index in [1.54, 1.807) is 16.2 Å². The van der Waals surface area contributed by atoms with E-state index in [1.807, 2.05) is 74.6 Å². The number of carbonyl (C=O) groups excluding carboxylic acids is 2. The van der Waals surface area contributed by atoms with Crippen LogP contribution in [0.2, 0.25) is 0 Å². The molecular formula is C25H28N4O3. The molecule has 4 rings (SSSR count). The molecule has 1 atom stereocenters. The molecule has 3 heterocycles. The summed E-state index contributed by atoms with van der Waals surface area (Å²) in [6, 6.07) is 12.6. The molecule has 7 heteroatoms. The van der Waals surface area contributed by atoms with Gasteiger partial charge in [0, 0.05) is 12.7 Å². The van der Waals surface area contributed by atoms with Gasteiger partial charge in [-0.1, -0.05) is 36.4 Å². The highest BCUT2D eigenvalue weighted by atomic mass is 16.3. The lowest BCUT2D eigenvalue weighted by Crippen LogP contribution is -2.32. The number of aliphatic hydroxyl groups excluding tert-OH is 1. The maximum atomic E-state index is 13.2. The zero-order chi connectivity index (χ0) is 23.0. The van der Waals surface area contributed by atoms with Crippen LogP contribution in [0.3, 0.4) is 0 Å². The fourth-order valence-electron chi connectivity index (χ4n) is 4.38. The number of ketones is 1. The molecule has 166 valence electrons. The molecule has 0 radical (unpaired) electrons. The lowest BCUT2D eigenvalue weighted by atomic mass is 9.96. The Balaban J connectivity index is 1.88. The number of likely N-dealkylation sites (tertiary alicyclic amines) is 1. The van der Waals surface area contributed by atoms with Crippen molar-refractivity contribution < 1.29 is 14.7 Å². The van der Waals surface area contributed by atoms with Crippen molar-refractivity contribution in [1.82, 2.24) is 19.2 Å². The van der Waals surface area contributed by atoms with Gasteiger partial charge >= 0.3 is 0 Å². The van der Waals surface area contributed by atoms with E-state index in [0.717, 1.165) is 24.1 Å². The van der Waals surface area contributed by atoms with Crippen molar-refractivity contribution in [2.75, 3.05) is 27.2 Å². The highest BCUT2D eigenvalue weighted by Crippen LogP contribution is 2.40. The van der Waals surface area contributed by atoms with Crippen LogP contribution >= 0.6 is 0 Å². The Labute approximate surface area is 187 Å². The Kier molecular flexibility index (Phi) is 5.84. The number of imidazole rings is 1. The minimum absolute atomic E-state index is 0.109.